The topological polar surface area (TPSA) is 55.1 Å². The molecular weight excluding hydrogens is 249 g/mol. The van der Waals surface area contributed by atoms with Gasteiger partial charge in [-0.05, 0) is 6.42 Å². The largest absolute Gasteiger partial charge is 0.480 e. The molecule has 0 atom stereocenters. The zero-order chi connectivity index (χ0) is 12.5. The Labute approximate surface area is 93.6 Å². The number of alkyl halides is 3. The second-order valence-electron chi connectivity index (χ2n) is 3.01. The lowest BCUT2D eigenvalue weighted by molar-refractivity contribution is -0.143. The summed E-state index contributed by atoms with van der Waals surface area (Å²) in [4.78, 5) is 10.4. The van der Waals surface area contributed by atoms with Crippen LogP contribution in [0.1, 0.15) is 18.3 Å². The Kier molecular flexibility index (Phi) is 3.47. The molecule has 90 valence electrons. The van der Waals surface area contributed by atoms with Crippen LogP contribution in [0.25, 0.3) is 0 Å². The quantitative estimate of drug-likeness (QED) is 0.902. The second-order valence-corrected chi connectivity index (χ2v) is 3.39. The zero-order valence-electron chi connectivity index (χ0n) is 8.18. The first kappa shape index (κ1) is 12.8. The summed E-state index contributed by atoms with van der Waals surface area (Å²) < 4.78 is 38.0. The van der Waals surface area contributed by atoms with Crippen molar-refractivity contribution in [2.75, 3.05) is 0 Å². The van der Waals surface area contributed by atoms with E-state index in [1.807, 2.05) is 0 Å². The van der Waals surface area contributed by atoms with Gasteiger partial charge in [0.05, 0.1) is 10.7 Å². The predicted molar refractivity (Wildman–Crippen MR) is 49.3 cm³/mol. The number of aromatic nitrogens is 2. The molecule has 1 aromatic rings. The van der Waals surface area contributed by atoms with Crippen molar-refractivity contribution < 1.29 is 23.1 Å². The van der Waals surface area contributed by atoms with Crippen molar-refractivity contribution in [1.82, 2.24) is 9.78 Å². The lowest BCUT2D eigenvalue weighted by Gasteiger charge is -2.01. The molecule has 0 aliphatic carbocycles. The number of nitrogens with zero attached hydrogens (tertiary/aromatic N) is 2. The minimum absolute atomic E-state index is 0.0661. The maximum atomic E-state index is 12.4. The summed E-state index contributed by atoms with van der Waals surface area (Å²) >= 11 is 5.50. The first-order chi connectivity index (χ1) is 7.27. The summed E-state index contributed by atoms with van der Waals surface area (Å²) in [5.41, 5.74) is -1.18. The Bertz CT molecular complexity index is 414. The van der Waals surface area contributed by atoms with Crippen molar-refractivity contribution in [2.24, 2.45) is 0 Å². The van der Waals surface area contributed by atoms with E-state index in [2.05, 4.69) is 5.10 Å². The molecule has 1 rings (SSSR count). The van der Waals surface area contributed by atoms with Gasteiger partial charge in [-0.3, -0.25) is 9.48 Å². The molecular formula is C8H8ClF3N2O2. The van der Waals surface area contributed by atoms with Crippen LogP contribution in [0.15, 0.2) is 0 Å². The first-order valence-corrected chi connectivity index (χ1v) is 4.69. The van der Waals surface area contributed by atoms with Crippen molar-refractivity contribution in [1.29, 1.82) is 0 Å². The van der Waals surface area contributed by atoms with Gasteiger partial charge in [0.2, 0.25) is 0 Å². The molecule has 1 aromatic heterocycles. The van der Waals surface area contributed by atoms with Crippen LogP contribution < -0.4 is 0 Å². The van der Waals surface area contributed by atoms with Crippen LogP contribution >= 0.6 is 11.6 Å². The molecule has 16 heavy (non-hydrogen) atoms. The Morgan fingerprint density at radius 1 is 1.56 bits per heavy atom. The van der Waals surface area contributed by atoms with Gasteiger partial charge >= 0.3 is 12.1 Å². The summed E-state index contributed by atoms with van der Waals surface area (Å²) in [5, 5.41) is 11.1. The Balaban J connectivity index is 3.25. The molecule has 0 aliphatic heterocycles. The fraction of sp³-hybridized carbons (Fsp3) is 0.500. The molecule has 1 N–H and O–H groups in total. The van der Waals surface area contributed by atoms with Crippen molar-refractivity contribution in [3.05, 3.63) is 16.4 Å². The van der Waals surface area contributed by atoms with E-state index < -0.39 is 29.4 Å². The van der Waals surface area contributed by atoms with E-state index in [9.17, 15) is 18.0 Å². The fourth-order valence-electron chi connectivity index (χ4n) is 1.25. The van der Waals surface area contributed by atoms with Crippen LogP contribution in [-0.2, 0) is 23.9 Å². The SMILES string of the molecule is CCc1c(Cl)c(C(F)(F)F)nn1CC(=O)O. The second kappa shape index (κ2) is 4.32. The van der Waals surface area contributed by atoms with Crippen LogP contribution in [0.3, 0.4) is 0 Å². The van der Waals surface area contributed by atoms with Crippen LogP contribution in [0.4, 0.5) is 13.2 Å². The number of aliphatic carboxylic acids is 1. The maximum absolute atomic E-state index is 12.4. The van der Waals surface area contributed by atoms with Gasteiger partial charge < -0.3 is 5.11 Å². The van der Waals surface area contributed by atoms with Gasteiger partial charge in [0.25, 0.3) is 0 Å². The highest BCUT2D eigenvalue weighted by Gasteiger charge is 2.38. The predicted octanol–water partition coefficient (Wildman–Crippen LogP) is 2.20. The molecule has 0 unspecified atom stereocenters. The number of halogens is 4. The third-order valence-corrected chi connectivity index (χ3v) is 2.28. The van der Waals surface area contributed by atoms with Gasteiger partial charge in [-0.25, -0.2) is 0 Å². The van der Waals surface area contributed by atoms with E-state index in [0.717, 1.165) is 4.68 Å². The molecule has 0 bridgehead atoms. The number of rotatable bonds is 3. The number of carbonyl (C=O) groups is 1. The lowest BCUT2D eigenvalue weighted by atomic mass is 10.3. The summed E-state index contributed by atoms with van der Waals surface area (Å²) in [6, 6.07) is 0. The minimum Gasteiger partial charge on any atom is -0.480 e. The van der Waals surface area contributed by atoms with E-state index in [4.69, 9.17) is 16.7 Å². The third-order valence-electron chi connectivity index (χ3n) is 1.88. The van der Waals surface area contributed by atoms with E-state index in [-0.39, 0.29) is 12.1 Å². The number of carboxylic acids is 1. The van der Waals surface area contributed by atoms with Gasteiger partial charge in [0.15, 0.2) is 5.69 Å². The van der Waals surface area contributed by atoms with E-state index in [1.54, 1.807) is 6.92 Å². The van der Waals surface area contributed by atoms with Gasteiger partial charge in [0.1, 0.15) is 6.54 Å². The lowest BCUT2D eigenvalue weighted by Crippen LogP contribution is -2.14. The van der Waals surface area contributed by atoms with Crippen LogP contribution in [0, 0.1) is 0 Å². The third kappa shape index (κ3) is 2.46. The summed E-state index contributed by atoms with van der Waals surface area (Å²) in [5.74, 6) is -1.28. The number of carboxylic acid groups (broad SMARTS) is 1. The molecule has 4 nitrogen and oxygen atoms in total. The van der Waals surface area contributed by atoms with E-state index in [0.29, 0.717) is 0 Å². The average Bonchev–Trinajstić information content (AvgIpc) is 2.40. The highest BCUT2D eigenvalue weighted by molar-refractivity contribution is 6.32. The monoisotopic (exact) mass is 256 g/mol. The van der Waals surface area contributed by atoms with Crippen molar-refractivity contribution in [3.8, 4) is 0 Å². The van der Waals surface area contributed by atoms with Crippen LogP contribution in [-0.4, -0.2) is 20.9 Å². The summed E-state index contributed by atoms with van der Waals surface area (Å²) in [6.07, 6.45) is -4.50. The van der Waals surface area contributed by atoms with Gasteiger partial charge in [0, 0.05) is 0 Å². The van der Waals surface area contributed by atoms with Crippen LogP contribution in [0.5, 0.6) is 0 Å². The minimum atomic E-state index is -4.68. The molecule has 0 saturated heterocycles. The van der Waals surface area contributed by atoms with E-state index >= 15 is 0 Å². The van der Waals surface area contributed by atoms with Crippen molar-refractivity contribution >= 4 is 17.6 Å². The molecule has 0 saturated carbocycles. The highest BCUT2D eigenvalue weighted by Crippen LogP contribution is 2.35. The van der Waals surface area contributed by atoms with Gasteiger partial charge in [-0.2, -0.15) is 18.3 Å². The van der Waals surface area contributed by atoms with Crippen LogP contribution in [0.2, 0.25) is 5.02 Å². The zero-order valence-corrected chi connectivity index (χ0v) is 8.93. The first-order valence-electron chi connectivity index (χ1n) is 4.31. The van der Waals surface area contributed by atoms with E-state index in [1.165, 1.54) is 0 Å². The Morgan fingerprint density at radius 2 is 2.12 bits per heavy atom. The fourth-order valence-corrected chi connectivity index (χ4v) is 1.63. The average molecular weight is 257 g/mol. The molecule has 0 radical (unpaired) electrons. The molecule has 8 heteroatoms. The molecule has 0 spiro atoms. The molecule has 0 aliphatic rings. The normalized spacial score (nSPS) is 11.8. The molecule has 0 amide bonds. The van der Waals surface area contributed by atoms with Crippen molar-refractivity contribution in [2.45, 2.75) is 26.1 Å². The van der Waals surface area contributed by atoms with Crippen molar-refractivity contribution in [3.63, 3.8) is 0 Å². The Hall–Kier alpha value is -1.24. The molecule has 0 fully saturated rings. The summed E-state index contributed by atoms with van der Waals surface area (Å²) in [6.45, 7) is 0.931. The number of hydrogen-bond acceptors (Lipinski definition) is 2. The molecule has 0 aromatic carbocycles. The molecule has 1 heterocycles. The maximum Gasteiger partial charge on any atom is 0.436 e. The summed E-state index contributed by atoms with van der Waals surface area (Å²) in [7, 11) is 0. The number of hydrogen-bond donors (Lipinski definition) is 1. The smallest absolute Gasteiger partial charge is 0.436 e. The van der Waals surface area contributed by atoms with Gasteiger partial charge in [-0.15, -0.1) is 0 Å². The highest BCUT2D eigenvalue weighted by atomic mass is 35.5. The van der Waals surface area contributed by atoms with Gasteiger partial charge in [-0.1, -0.05) is 18.5 Å². The Morgan fingerprint density at radius 3 is 2.50 bits per heavy atom. The standard InChI is InChI=1S/C8H8ClF3N2O2/c1-2-4-6(9)7(8(10,11)12)13-14(4)3-5(15)16/h2-3H2,1H3,(H,15,16).